The standard InChI is InChI=1S/C17H18FN3O4/c1-11-8-12(18)2-3-15(11)21-5-4-14(19-21)17(24)20-6-7-25-10-13(20)9-16(22)23/h2-5,8,13H,6-7,9-10H2,1H3,(H,22,23). The first kappa shape index (κ1) is 17.1. The quantitative estimate of drug-likeness (QED) is 0.909. The molecule has 1 saturated heterocycles. The molecule has 1 aliphatic heterocycles. The van der Waals surface area contributed by atoms with Crippen LogP contribution in [-0.4, -0.2) is 57.5 Å². The molecule has 3 rings (SSSR count). The summed E-state index contributed by atoms with van der Waals surface area (Å²) in [5.41, 5.74) is 1.57. The minimum absolute atomic E-state index is 0.177. The lowest BCUT2D eigenvalue weighted by Gasteiger charge is -2.34. The zero-order chi connectivity index (χ0) is 18.0. The third-order valence-electron chi connectivity index (χ3n) is 4.11. The van der Waals surface area contributed by atoms with E-state index in [1.165, 1.54) is 21.7 Å². The number of morpholine rings is 1. The van der Waals surface area contributed by atoms with Crippen LogP contribution in [0.5, 0.6) is 0 Å². The lowest BCUT2D eigenvalue weighted by atomic mass is 10.1. The topological polar surface area (TPSA) is 84.7 Å². The van der Waals surface area contributed by atoms with E-state index in [9.17, 15) is 14.0 Å². The highest BCUT2D eigenvalue weighted by Crippen LogP contribution is 2.18. The first-order valence-corrected chi connectivity index (χ1v) is 7.88. The molecule has 1 fully saturated rings. The van der Waals surface area contributed by atoms with Crippen molar-refractivity contribution >= 4 is 11.9 Å². The second-order valence-electron chi connectivity index (χ2n) is 5.90. The largest absolute Gasteiger partial charge is 0.481 e. The first-order valence-electron chi connectivity index (χ1n) is 7.88. The van der Waals surface area contributed by atoms with Gasteiger partial charge in [-0.25, -0.2) is 9.07 Å². The Morgan fingerprint density at radius 3 is 2.92 bits per heavy atom. The highest BCUT2D eigenvalue weighted by Gasteiger charge is 2.31. The van der Waals surface area contributed by atoms with E-state index >= 15 is 0 Å². The minimum atomic E-state index is -0.985. The van der Waals surface area contributed by atoms with E-state index in [0.717, 1.165) is 0 Å². The highest BCUT2D eigenvalue weighted by molar-refractivity contribution is 5.92. The number of ether oxygens (including phenoxy) is 1. The van der Waals surface area contributed by atoms with Gasteiger partial charge in [0, 0.05) is 12.7 Å². The van der Waals surface area contributed by atoms with E-state index < -0.39 is 12.0 Å². The van der Waals surface area contributed by atoms with Crippen molar-refractivity contribution in [1.29, 1.82) is 0 Å². The smallest absolute Gasteiger partial charge is 0.305 e. The number of benzene rings is 1. The van der Waals surface area contributed by atoms with Gasteiger partial charge in [-0.3, -0.25) is 9.59 Å². The second kappa shape index (κ2) is 7.02. The summed E-state index contributed by atoms with van der Waals surface area (Å²) >= 11 is 0. The molecule has 1 N–H and O–H groups in total. The number of rotatable bonds is 4. The van der Waals surface area contributed by atoms with Crippen LogP contribution in [0.2, 0.25) is 0 Å². The van der Waals surface area contributed by atoms with Gasteiger partial charge in [-0.05, 0) is 36.8 Å². The molecule has 2 aromatic rings. The molecule has 1 amide bonds. The minimum Gasteiger partial charge on any atom is -0.481 e. The van der Waals surface area contributed by atoms with Crippen LogP contribution in [0.3, 0.4) is 0 Å². The normalized spacial score (nSPS) is 17.5. The molecule has 1 aromatic carbocycles. The van der Waals surface area contributed by atoms with Gasteiger partial charge in [0.1, 0.15) is 5.82 Å². The summed E-state index contributed by atoms with van der Waals surface area (Å²) in [4.78, 5) is 25.2. The molecular weight excluding hydrogens is 329 g/mol. The number of amides is 1. The second-order valence-corrected chi connectivity index (χ2v) is 5.90. The maximum Gasteiger partial charge on any atom is 0.305 e. The van der Waals surface area contributed by atoms with Crippen LogP contribution >= 0.6 is 0 Å². The zero-order valence-electron chi connectivity index (χ0n) is 13.7. The summed E-state index contributed by atoms with van der Waals surface area (Å²) in [6.45, 7) is 2.63. The number of hydrogen-bond acceptors (Lipinski definition) is 4. The Hall–Kier alpha value is -2.74. The summed E-state index contributed by atoms with van der Waals surface area (Å²) < 4.78 is 20.0. The molecule has 1 aliphatic rings. The van der Waals surface area contributed by atoms with Crippen LogP contribution in [0.15, 0.2) is 30.5 Å². The number of nitrogens with zero attached hydrogens (tertiary/aromatic N) is 3. The maximum absolute atomic E-state index is 13.2. The molecule has 1 aromatic heterocycles. The van der Waals surface area contributed by atoms with E-state index in [-0.39, 0.29) is 30.4 Å². The monoisotopic (exact) mass is 347 g/mol. The van der Waals surface area contributed by atoms with Crippen molar-refractivity contribution in [3.63, 3.8) is 0 Å². The Balaban J connectivity index is 1.83. The van der Waals surface area contributed by atoms with Crippen LogP contribution in [0.25, 0.3) is 5.69 Å². The summed E-state index contributed by atoms with van der Waals surface area (Å²) in [6.07, 6.45) is 1.45. The van der Waals surface area contributed by atoms with E-state index in [1.807, 2.05) is 0 Å². The molecule has 8 heteroatoms. The van der Waals surface area contributed by atoms with Crippen molar-refractivity contribution in [2.24, 2.45) is 0 Å². The Bertz CT molecular complexity index is 805. The van der Waals surface area contributed by atoms with Crippen molar-refractivity contribution in [3.8, 4) is 5.69 Å². The Labute approximate surface area is 143 Å². The summed E-state index contributed by atoms with van der Waals surface area (Å²) in [6, 6.07) is 5.36. The van der Waals surface area contributed by atoms with E-state index in [2.05, 4.69) is 5.10 Å². The van der Waals surface area contributed by atoms with Crippen LogP contribution in [0, 0.1) is 12.7 Å². The van der Waals surface area contributed by atoms with Crippen molar-refractivity contribution in [1.82, 2.24) is 14.7 Å². The van der Waals surface area contributed by atoms with E-state index in [4.69, 9.17) is 9.84 Å². The van der Waals surface area contributed by atoms with Crippen LogP contribution in [-0.2, 0) is 9.53 Å². The van der Waals surface area contributed by atoms with Crippen LogP contribution in [0.1, 0.15) is 22.5 Å². The maximum atomic E-state index is 13.2. The third kappa shape index (κ3) is 3.69. The Kier molecular flexibility index (Phi) is 4.80. The van der Waals surface area contributed by atoms with E-state index in [0.29, 0.717) is 24.4 Å². The van der Waals surface area contributed by atoms with Crippen molar-refractivity contribution in [2.75, 3.05) is 19.8 Å². The van der Waals surface area contributed by atoms with Crippen molar-refractivity contribution < 1.29 is 23.8 Å². The van der Waals surface area contributed by atoms with Crippen molar-refractivity contribution in [2.45, 2.75) is 19.4 Å². The van der Waals surface area contributed by atoms with Gasteiger partial charge in [0.05, 0.1) is 31.4 Å². The predicted octanol–water partition coefficient (Wildman–Crippen LogP) is 1.64. The number of carbonyl (C=O) groups excluding carboxylic acids is 1. The van der Waals surface area contributed by atoms with Gasteiger partial charge in [0.15, 0.2) is 5.69 Å². The summed E-state index contributed by atoms with van der Waals surface area (Å²) in [5.74, 6) is -1.66. The summed E-state index contributed by atoms with van der Waals surface area (Å²) in [5, 5.41) is 13.3. The number of halogens is 1. The molecule has 0 saturated carbocycles. The SMILES string of the molecule is Cc1cc(F)ccc1-n1ccc(C(=O)N2CCOCC2CC(=O)O)n1. The molecule has 2 heterocycles. The van der Waals surface area contributed by atoms with Gasteiger partial charge in [-0.15, -0.1) is 0 Å². The molecule has 0 radical (unpaired) electrons. The fourth-order valence-corrected chi connectivity index (χ4v) is 2.89. The molecule has 0 bridgehead atoms. The Morgan fingerprint density at radius 1 is 1.40 bits per heavy atom. The van der Waals surface area contributed by atoms with Gasteiger partial charge in [-0.1, -0.05) is 0 Å². The predicted molar refractivity (Wildman–Crippen MR) is 86.2 cm³/mol. The molecule has 1 atom stereocenters. The van der Waals surface area contributed by atoms with Gasteiger partial charge in [0.2, 0.25) is 0 Å². The average molecular weight is 347 g/mol. The molecule has 7 nitrogen and oxygen atoms in total. The van der Waals surface area contributed by atoms with E-state index in [1.54, 1.807) is 25.3 Å². The highest BCUT2D eigenvalue weighted by atomic mass is 19.1. The van der Waals surface area contributed by atoms with Crippen LogP contribution in [0.4, 0.5) is 4.39 Å². The molecule has 0 spiro atoms. The number of aliphatic carboxylic acids is 1. The van der Waals surface area contributed by atoms with Gasteiger partial charge in [-0.2, -0.15) is 5.10 Å². The van der Waals surface area contributed by atoms with Crippen LogP contribution < -0.4 is 0 Å². The molecular formula is C17H18FN3O4. The lowest BCUT2D eigenvalue weighted by molar-refractivity contribution is -0.139. The molecule has 0 aliphatic carbocycles. The number of aromatic nitrogens is 2. The molecule has 132 valence electrons. The number of aryl methyl sites for hydroxylation is 1. The van der Waals surface area contributed by atoms with Gasteiger partial charge < -0.3 is 14.7 Å². The van der Waals surface area contributed by atoms with Gasteiger partial charge >= 0.3 is 5.97 Å². The van der Waals surface area contributed by atoms with Gasteiger partial charge in [0.25, 0.3) is 5.91 Å². The number of carbonyl (C=O) groups is 2. The summed E-state index contributed by atoms with van der Waals surface area (Å²) in [7, 11) is 0. The fourth-order valence-electron chi connectivity index (χ4n) is 2.89. The molecule has 1 unspecified atom stereocenters. The number of carboxylic acids is 1. The first-order chi connectivity index (χ1) is 12.0. The third-order valence-corrected chi connectivity index (χ3v) is 4.11. The number of carboxylic acid groups (broad SMARTS) is 1. The Morgan fingerprint density at radius 2 is 2.20 bits per heavy atom. The fraction of sp³-hybridized carbons (Fsp3) is 0.353. The van der Waals surface area contributed by atoms with Crippen molar-refractivity contribution in [3.05, 3.63) is 47.5 Å². The molecule has 25 heavy (non-hydrogen) atoms. The number of hydrogen-bond donors (Lipinski definition) is 1. The lowest BCUT2D eigenvalue weighted by Crippen LogP contribution is -2.49. The zero-order valence-corrected chi connectivity index (χ0v) is 13.7. The average Bonchev–Trinajstić information content (AvgIpc) is 3.04.